The summed E-state index contributed by atoms with van der Waals surface area (Å²) in [6, 6.07) is 18.5. The number of hydrogen-bond donors (Lipinski definition) is 0. The first-order chi connectivity index (χ1) is 9.62. The van der Waals surface area contributed by atoms with Crippen molar-refractivity contribution in [1.29, 1.82) is 0 Å². The summed E-state index contributed by atoms with van der Waals surface area (Å²) in [5.74, 6) is 0.0117. The Labute approximate surface area is 120 Å². The Balaban J connectivity index is 2.12. The summed E-state index contributed by atoms with van der Waals surface area (Å²) in [6.45, 7) is 3.77. The molecule has 0 bridgehead atoms. The van der Waals surface area contributed by atoms with Gasteiger partial charge in [0.15, 0.2) is 9.84 Å². The lowest BCUT2D eigenvalue weighted by atomic mass is 10.0. The third kappa shape index (κ3) is 3.81. The zero-order valence-electron chi connectivity index (χ0n) is 11.3. The summed E-state index contributed by atoms with van der Waals surface area (Å²) in [7, 11) is -3.26. The highest BCUT2D eigenvalue weighted by molar-refractivity contribution is 7.91. The average Bonchev–Trinajstić information content (AvgIpc) is 2.48. The fraction of sp³-hybridized carbons (Fsp3) is 0.176. The zero-order chi connectivity index (χ0) is 14.4. The monoisotopic (exact) mass is 286 g/mol. The highest BCUT2D eigenvalue weighted by Gasteiger charge is 2.19. The van der Waals surface area contributed by atoms with Crippen LogP contribution in [0.4, 0.5) is 0 Å². The molecule has 0 spiro atoms. The van der Waals surface area contributed by atoms with Crippen LogP contribution in [0, 0.1) is 5.92 Å². The Hall–Kier alpha value is -1.87. The van der Waals surface area contributed by atoms with E-state index in [4.69, 9.17) is 0 Å². The highest BCUT2D eigenvalue weighted by Crippen LogP contribution is 2.17. The average molecular weight is 286 g/mol. The molecule has 2 aromatic carbocycles. The van der Waals surface area contributed by atoms with Crippen LogP contribution in [0.1, 0.15) is 5.56 Å². The van der Waals surface area contributed by atoms with Crippen molar-refractivity contribution in [1.82, 2.24) is 0 Å². The van der Waals surface area contributed by atoms with Crippen LogP contribution >= 0.6 is 0 Å². The Morgan fingerprint density at radius 1 is 0.950 bits per heavy atom. The molecule has 0 amide bonds. The largest absolute Gasteiger partial charge is 0.224 e. The van der Waals surface area contributed by atoms with E-state index in [1.807, 2.05) is 36.4 Å². The van der Waals surface area contributed by atoms with Gasteiger partial charge in [-0.05, 0) is 30.0 Å². The molecule has 104 valence electrons. The second-order valence-corrected chi connectivity index (χ2v) is 6.81. The van der Waals surface area contributed by atoms with E-state index in [1.165, 1.54) is 0 Å². The molecule has 0 aromatic heterocycles. The van der Waals surface area contributed by atoms with Crippen LogP contribution in [-0.2, 0) is 16.3 Å². The predicted molar refractivity (Wildman–Crippen MR) is 82.3 cm³/mol. The van der Waals surface area contributed by atoms with Crippen molar-refractivity contribution >= 4 is 9.84 Å². The standard InChI is InChI=1S/C17H18O2S/c1-2-15(13-16-9-5-3-6-10-16)14-20(18,19)17-11-7-4-8-12-17/h2-12,15H,1,13-14H2/t15-/m0/s1. The second-order valence-electron chi connectivity index (χ2n) is 4.78. The maximum absolute atomic E-state index is 12.3. The first kappa shape index (κ1) is 14.5. The smallest absolute Gasteiger partial charge is 0.178 e. The summed E-state index contributed by atoms with van der Waals surface area (Å²) in [6.07, 6.45) is 2.42. The number of benzene rings is 2. The maximum Gasteiger partial charge on any atom is 0.178 e. The van der Waals surface area contributed by atoms with E-state index in [2.05, 4.69) is 6.58 Å². The lowest BCUT2D eigenvalue weighted by molar-refractivity contribution is 0.582. The molecule has 0 unspecified atom stereocenters. The summed E-state index contributed by atoms with van der Waals surface area (Å²) in [5.41, 5.74) is 1.13. The summed E-state index contributed by atoms with van der Waals surface area (Å²) in [5, 5.41) is 0. The quantitative estimate of drug-likeness (QED) is 0.762. The van der Waals surface area contributed by atoms with Crippen molar-refractivity contribution in [3.8, 4) is 0 Å². The van der Waals surface area contributed by atoms with Crippen LogP contribution in [0.5, 0.6) is 0 Å². The van der Waals surface area contributed by atoms with Crippen molar-refractivity contribution in [2.24, 2.45) is 5.92 Å². The molecular weight excluding hydrogens is 268 g/mol. The fourth-order valence-corrected chi connectivity index (χ4v) is 3.71. The van der Waals surface area contributed by atoms with Crippen LogP contribution < -0.4 is 0 Å². The van der Waals surface area contributed by atoms with E-state index in [0.717, 1.165) is 5.56 Å². The van der Waals surface area contributed by atoms with E-state index < -0.39 is 9.84 Å². The van der Waals surface area contributed by atoms with Gasteiger partial charge in [-0.3, -0.25) is 0 Å². The predicted octanol–water partition coefficient (Wildman–Crippen LogP) is 3.51. The molecule has 2 nitrogen and oxygen atoms in total. The molecule has 3 heteroatoms. The fourth-order valence-electron chi connectivity index (χ4n) is 2.13. The van der Waals surface area contributed by atoms with Crippen LogP contribution in [0.25, 0.3) is 0 Å². The van der Waals surface area contributed by atoms with Gasteiger partial charge >= 0.3 is 0 Å². The van der Waals surface area contributed by atoms with E-state index in [-0.39, 0.29) is 11.7 Å². The topological polar surface area (TPSA) is 34.1 Å². The Bertz CT molecular complexity index is 646. The van der Waals surface area contributed by atoms with Crippen LogP contribution in [0.15, 0.2) is 78.2 Å². The van der Waals surface area contributed by atoms with Gasteiger partial charge in [0.2, 0.25) is 0 Å². The van der Waals surface area contributed by atoms with Gasteiger partial charge in [-0.1, -0.05) is 54.6 Å². The Morgan fingerprint density at radius 2 is 1.50 bits per heavy atom. The SMILES string of the molecule is C=C[C@@H](Cc1ccccc1)CS(=O)(=O)c1ccccc1. The van der Waals surface area contributed by atoms with Gasteiger partial charge in [-0.15, -0.1) is 6.58 Å². The Morgan fingerprint density at radius 3 is 2.05 bits per heavy atom. The van der Waals surface area contributed by atoms with Crippen molar-refractivity contribution in [3.05, 3.63) is 78.9 Å². The lowest BCUT2D eigenvalue weighted by Crippen LogP contribution is -2.16. The van der Waals surface area contributed by atoms with Crippen LogP contribution in [0.3, 0.4) is 0 Å². The number of hydrogen-bond acceptors (Lipinski definition) is 2. The minimum atomic E-state index is -3.26. The van der Waals surface area contributed by atoms with Crippen LogP contribution in [0.2, 0.25) is 0 Å². The van der Waals surface area contributed by atoms with E-state index >= 15 is 0 Å². The molecule has 0 fully saturated rings. The summed E-state index contributed by atoms with van der Waals surface area (Å²) >= 11 is 0. The molecule has 0 heterocycles. The molecule has 2 rings (SSSR count). The lowest BCUT2D eigenvalue weighted by Gasteiger charge is -2.13. The third-order valence-electron chi connectivity index (χ3n) is 3.21. The number of sulfone groups is 1. The van der Waals surface area contributed by atoms with Crippen molar-refractivity contribution in [2.75, 3.05) is 5.75 Å². The van der Waals surface area contributed by atoms with Gasteiger partial charge in [0.1, 0.15) is 0 Å². The van der Waals surface area contributed by atoms with Crippen molar-refractivity contribution in [3.63, 3.8) is 0 Å². The van der Waals surface area contributed by atoms with Crippen LogP contribution in [-0.4, -0.2) is 14.2 Å². The third-order valence-corrected chi connectivity index (χ3v) is 5.07. The normalized spacial score (nSPS) is 12.8. The summed E-state index contributed by atoms with van der Waals surface area (Å²) in [4.78, 5) is 0.375. The van der Waals surface area contributed by atoms with Gasteiger partial charge in [-0.2, -0.15) is 0 Å². The molecule has 0 saturated carbocycles. The molecule has 2 aromatic rings. The molecule has 0 aliphatic rings. The van der Waals surface area contributed by atoms with Crippen molar-refractivity contribution in [2.45, 2.75) is 11.3 Å². The molecular formula is C17H18O2S. The zero-order valence-corrected chi connectivity index (χ0v) is 12.1. The van der Waals surface area contributed by atoms with E-state index in [9.17, 15) is 8.42 Å². The molecule has 0 aliphatic carbocycles. The van der Waals surface area contributed by atoms with E-state index in [0.29, 0.717) is 11.3 Å². The minimum absolute atomic E-state index is 0.0809. The number of rotatable bonds is 6. The van der Waals surface area contributed by atoms with Gasteiger partial charge in [0.05, 0.1) is 10.6 Å². The van der Waals surface area contributed by atoms with E-state index in [1.54, 1.807) is 30.3 Å². The first-order valence-corrected chi connectivity index (χ1v) is 8.21. The van der Waals surface area contributed by atoms with Gasteiger partial charge < -0.3 is 0 Å². The molecule has 20 heavy (non-hydrogen) atoms. The molecule has 0 aliphatic heterocycles. The molecule has 0 N–H and O–H groups in total. The molecule has 0 radical (unpaired) electrons. The van der Waals surface area contributed by atoms with Gasteiger partial charge in [0.25, 0.3) is 0 Å². The minimum Gasteiger partial charge on any atom is -0.224 e. The Kier molecular flexibility index (Phi) is 4.74. The molecule has 1 atom stereocenters. The highest BCUT2D eigenvalue weighted by atomic mass is 32.2. The summed E-state index contributed by atoms with van der Waals surface area (Å²) < 4.78 is 24.7. The second kappa shape index (κ2) is 6.53. The van der Waals surface area contributed by atoms with Gasteiger partial charge in [0, 0.05) is 0 Å². The van der Waals surface area contributed by atoms with Crippen molar-refractivity contribution < 1.29 is 8.42 Å². The number of allylic oxidation sites excluding steroid dienone is 1. The molecule has 0 saturated heterocycles. The van der Waals surface area contributed by atoms with Gasteiger partial charge in [-0.25, -0.2) is 8.42 Å². The first-order valence-electron chi connectivity index (χ1n) is 6.56. The maximum atomic E-state index is 12.3.